The number of halogens is 1. The first-order valence-corrected chi connectivity index (χ1v) is 18.2. The molecular weight excluding hydrogens is 651 g/mol. The average Bonchev–Trinajstić information content (AvgIpc) is 3.45. The summed E-state index contributed by atoms with van der Waals surface area (Å²) >= 11 is 1.53. The molecule has 1 aromatic heterocycles. The number of likely N-dealkylation sites (tertiary alicyclic amines) is 1. The molecule has 11 nitrogen and oxygen atoms in total. The molecule has 0 spiro atoms. The maximum atomic E-state index is 14.5. The molecule has 2 fully saturated rings. The molecule has 13 heteroatoms. The van der Waals surface area contributed by atoms with Crippen LogP contribution in [-0.2, 0) is 25.7 Å². The van der Waals surface area contributed by atoms with Crippen LogP contribution in [0.4, 0.5) is 4.39 Å². The predicted molar refractivity (Wildman–Crippen MR) is 185 cm³/mol. The molecule has 1 aliphatic heterocycles. The number of aliphatic hydroxyl groups is 1. The Morgan fingerprint density at radius 3 is 2.39 bits per heavy atom. The molecule has 4 rings (SSSR count). The van der Waals surface area contributed by atoms with Gasteiger partial charge in [0.2, 0.25) is 11.8 Å². The molecule has 1 saturated carbocycles. The number of carboxylic acids is 1. The van der Waals surface area contributed by atoms with Crippen LogP contribution in [-0.4, -0.2) is 80.8 Å². The van der Waals surface area contributed by atoms with Crippen molar-refractivity contribution < 1.29 is 38.5 Å². The Morgan fingerprint density at radius 2 is 1.78 bits per heavy atom. The number of unbranched alkanes of at least 4 members (excludes halogenated alkanes) is 6. The maximum Gasteiger partial charge on any atom is 0.303 e. The van der Waals surface area contributed by atoms with Gasteiger partial charge in [-0.1, -0.05) is 65.0 Å². The number of nitrogens with one attached hydrogen (secondary N) is 2. The van der Waals surface area contributed by atoms with E-state index in [0.29, 0.717) is 18.8 Å². The van der Waals surface area contributed by atoms with Gasteiger partial charge in [-0.3, -0.25) is 19.2 Å². The summed E-state index contributed by atoms with van der Waals surface area (Å²) in [6.07, 6.45) is 6.12. The number of hydrogen-bond donors (Lipinski definition) is 4. The largest absolute Gasteiger partial charge is 0.493 e. The van der Waals surface area contributed by atoms with E-state index in [1.165, 1.54) is 16.2 Å². The first-order valence-electron chi connectivity index (χ1n) is 17.3. The number of ether oxygens (including phenoxy) is 1. The molecule has 49 heavy (non-hydrogen) atoms. The van der Waals surface area contributed by atoms with Crippen molar-refractivity contribution in [3.05, 3.63) is 35.0 Å². The third-order valence-corrected chi connectivity index (χ3v) is 10.1. The lowest BCUT2D eigenvalue weighted by molar-refractivity contribution is -0.145. The zero-order valence-corrected chi connectivity index (χ0v) is 29.9. The van der Waals surface area contributed by atoms with E-state index in [9.17, 15) is 28.7 Å². The molecule has 1 saturated heterocycles. The van der Waals surface area contributed by atoms with Gasteiger partial charge >= 0.3 is 5.97 Å². The number of carboxylic acid groups (broad SMARTS) is 1. The van der Waals surface area contributed by atoms with Gasteiger partial charge in [-0.25, -0.2) is 9.37 Å². The lowest BCUT2D eigenvalue weighted by Gasteiger charge is -2.35. The van der Waals surface area contributed by atoms with Crippen molar-refractivity contribution in [1.82, 2.24) is 20.5 Å². The molecule has 0 unspecified atom stereocenters. The molecule has 2 heterocycles. The highest BCUT2D eigenvalue weighted by atomic mass is 32.1. The third-order valence-electron chi connectivity index (χ3n) is 9.17. The monoisotopic (exact) mass is 702 g/mol. The smallest absolute Gasteiger partial charge is 0.303 e. The number of hydrogen-bond acceptors (Lipinski definition) is 8. The summed E-state index contributed by atoms with van der Waals surface area (Å²) in [6, 6.07) is 3.78. The topological polar surface area (TPSA) is 158 Å². The van der Waals surface area contributed by atoms with Crippen LogP contribution in [0.3, 0.4) is 0 Å². The maximum absolute atomic E-state index is 14.5. The molecule has 270 valence electrons. The first-order chi connectivity index (χ1) is 23.2. The standard InChI is InChI=1S/C36H51FN4O7S/c1-23-30(49-22-39-23)24-13-14-25(28(18-24)48-17-11-9-7-5-6-8-10-12-29(43)44)20-38-32(45)27-19-26(42)21-41(27)33(46)31(35(2,3)4)40-34(47)36(37)15-16-36/h13-14,18,22,26-27,31,42H,5-12,15-17,19-21H2,1-4H3,(H,38,45)(H,40,47)(H,43,44)/t26-,27+,31-/m1/s1. The Hall–Kier alpha value is -3.58. The molecule has 4 N–H and O–H groups in total. The van der Waals surface area contributed by atoms with Crippen LogP contribution in [0.25, 0.3) is 10.4 Å². The van der Waals surface area contributed by atoms with Crippen molar-refractivity contribution in [3.8, 4) is 16.2 Å². The second kappa shape index (κ2) is 16.9. The fourth-order valence-corrected chi connectivity index (χ4v) is 6.82. The first kappa shape index (κ1) is 38.2. The Balaban J connectivity index is 1.38. The molecular formula is C36H51FN4O7S. The highest BCUT2D eigenvalue weighted by Gasteiger charge is 2.53. The van der Waals surface area contributed by atoms with Crippen molar-refractivity contribution in [1.29, 1.82) is 0 Å². The van der Waals surface area contributed by atoms with Gasteiger partial charge < -0.3 is 30.5 Å². The van der Waals surface area contributed by atoms with Crippen molar-refractivity contribution in [3.63, 3.8) is 0 Å². The second-order valence-electron chi connectivity index (χ2n) is 14.4. The van der Waals surface area contributed by atoms with E-state index in [-0.39, 0.29) is 38.8 Å². The fourth-order valence-electron chi connectivity index (χ4n) is 6.02. The number of aromatic nitrogens is 1. The van der Waals surface area contributed by atoms with Crippen LogP contribution in [0.2, 0.25) is 0 Å². The minimum atomic E-state index is -1.95. The van der Waals surface area contributed by atoms with Gasteiger partial charge in [0.05, 0.1) is 28.8 Å². The summed E-state index contributed by atoms with van der Waals surface area (Å²) in [7, 11) is 0. The Kier molecular flexibility index (Phi) is 13.2. The molecule has 0 radical (unpaired) electrons. The molecule has 3 atom stereocenters. The van der Waals surface area contributed by atoms with Crippen LogP contribution in [0.1, 0.15) is 103 Å². The van der Waals surface area contributed by atoms with Gasteiger partial charge in [0.1, 0.15) is 17.8 Å². The van der Waals surface area contributed by atoms with Gasteiger partial charge in [0, 0.05) is 31.5 Å². The Bertz CT molecular complexity index is 1470. The number of aliphatic carboxylic acids is 1. The number of aliphatic hydroxyl groups excluding tert-OH is 1. The minimum Gasteiger partial charge on any atom is -0.493 e. The van der Waals surface area contributed by atoms with E-state index >= 15 is 0 Å². The zero-order chi connectivity index (χ0) is 35.8. The van der Waals surface area contributed by atoms with E-state index in [1.807, 2.05) is 25.1 Å². The summed E-state index contributed by atoms with van der Waals surface area (Å²) in [5.74, 6) is -1.91. The Morgan fingerprint density at radius 1 is 1.10 bits per heavy atom. The number of carbonyl (C=O) groups is 4. The SMILES string of the molecule is Cc1ncsc1-c1ccc(CNC(=O)[C@@H]2C[C@@H](O)CN2C(=O)[C@@H](NC(=O)C2(F)CC2)C(C)(C)C)c(OCCCCCCCCCC(=O)O)c1. The predicted octanol–water partition coefficient (Wildman–Crippen LogP) is 5.31. The fraction of sp³-hybridized carbons (Fsp3) is 0.639. The summed E-state index contributed by atoms with van der Waals surface area (Å²) < 4.78 is 20.8. The molecule has 0 bridgehead atoms. The van der Waals surface area contributed by atoms with Gasteiger partial charge in [-0.05, 0) is 49.7 Å². The molecule has 2 aromatic rings. The number of benzene rings is 1. The van der Waals surface area contributed by atoms with Crippen LogP contribution < -0.4 is 15.4 Å². The highest BCUT2D eigenvalue weighted by Crippen LogP contribution is 2.40. The highest BCUT2D eigenvalue weighted by molar-refractivity contribution is 7.13. The van der Waals surface area contributed by atoms with Crippen molar-refractivity contribution in [2.24, 2.45) is 5.41 Å². The lowest BCUT2D eigenvalue weighted by atomic mass is 9.85. The number of β-amino-alcohol motifs (C(OH)–C–C–N with tert-alkyl or cyclic N) is 1. The zero-order valence-electron chi connectivity index (χ0n) is 29.1. The number of amides is 3. The van der Waals surface area contributed by atoms with Crippen LogP contribution in [0, 0.1) is 12.3 Å². The van der Waals surface area contributed by atoms with Crippen LogP contribution >= 0.6 is 11.3 Å². The number of alkyl halides is 1. The van der Waals surface area contributed by atoms with E-state index in [0.717, 1.165) is 60.2 Å². The van der Waals surface area contributed by atoms with Crippen molar-refractivity contribution in [2.75, 3.05) is 13.2 Å². The van der Waals surface area contributed by atoms with Crippen molar-refractivity contribution in [2.45, 2.75) is 129 Å². The minimum absolute atomic E-state index is 0.0436. The molecule has 3 amide bonds. The number of aryl methyl sites for hydroxylation is 1. The van der Waals surface area contributed by atoms with E-state index in [4.69, 9.17) is 9.84 Å². The summed E-state index contributed by atoms with van der Waals surface area (Å²) in [6.45, 7) is 7.79. The van der Waals surface area contributed by atoms with E-state index in [1.54, 1.807) is 26.3 Å². The summed E-state index contributed by atoms with van der Waals surface area (Å²) in [5.41, 5.74) is 1.70. The number of carbonyl (C=O) groups excluding carboxylic acids is 3. The molecule has 2 aliphatic rings. The summed E-state index contributed by atoms with van der Waals surface area (Å²) in [5, 5.41) is 24.8. The van der Waals surface area contributed by atoms with Crippen LogP contribution in [0.15, 0.2) is 23.7 Å². The summed E-state index contributed by atoms with van der Waals surface area (Å²) in [4.78, 5) is 57.3. The second-order valence-corrected chi connectivity index (χ2v) is 15.3. The third kappa shape index (κ3) is 10.7. The lowest BCUT2D eigenvalue weighted by Crippen LogP contribution is -2.59. The van der Waals surface area contributed by atoms with Crippen molar-refractivity contribution >= 4 is 35.0 Å². The number of thiazole rings is 1. The quantitative estimate of drug-likeness (QED) is 0.152. The average molecular weight is 703 g/mol. The van der Waals surface area contributed by atoms with Gasteiger partial charge in [0.15, 0.2) is 5.67 Å². The number of rotatable bonds is 18. The Labute approximate surface area is 292 Å². The van der Waals surface area contributed by atoms with E-state index in [2.05, 4.69) is 15.6 Å². The molecule has 1 aromatic carbocycles. The number of nitrogens with zero attached hydrogens (tertiary/aromatic N) is 2. The normalized spacial score (nSPS) is 18.9. The van der Waals surface area contributed by atoms with Gasteiger partial charge in [0.25, 0.3) is 5.91 Å². The van der Waals surface area contributed by atoms with Gasteiger partial charge in [-0.15, -0.1) is 11.3 Å². The van der Waals surface area contributed by atoms with Gasteiger partial charge in [-0.2, -0.15) is 0 Å². The van der Waals surface area contributed by atoms with E-state index < -0.39 is 53.0 Å². The van der Waals surface area contributed by atoms with Crippen LogP contribution in [0.5, 0.6) is 5.75 Å². The molecule has 1 aliphatic carbocycles.